The Kier molecular flexibility index (Phi) is 11.0. The van der Waals surface area contributed by atoms with E-state index in [2.05, 4.69) is 91.1 Å². The first kappa shape index (κ1) is 25.6. The van der Waals surface area contributed by atoms with E-state index in [1.54, 1.807) is 0 Å². The largest absolute Gasteiger partial charge is 0.494 e. The van der Waals surface area contributed by atoms with Crippen LogP contribution in [-0.4, -0.2) is 25.2 Å². The van der Waals surface area contributed by atoms with E-state index in [4.69, 9.17) is 10.5 Å². The molecule has 3 nitrogen and oxygen atoms in total. The van der Waals surface area contributed by atoms with Gasteiger partial charge in [-0.2, -0.15) is 0 Å². The van der Waals surface area contributed by atoms with Crippen molar-refractivity contribution in [1.82, 2.24) is 5.32 Å². The van der Waals surface area contributed by atoms with Crippen LogP contribution in [-0.2, 0) is 4.74 Å². The molecule has 1 aliphatic carbocycles. The monoisotopic (exact) mass is 432 g/mol. The Hall–Kier alpha value is -2.62. The van der Waals surface area contributed by atoms with Crippen molar-refractivity contribution in [3.05, 3.63) is 107 Å². The lowest BCUT2D eigenvalue weighted by atomic mass is 9.87. The van der Waals surface area contributed by atoms with Crippen molar-refractivity contribution < 1.29 is 4.74 Å². The lowest BCUT2D eigenvalue weighted by Crippen LogP contribution is -2.42. The summed E-state index contributed by atoms with van der Waals surface area (Å²) in [5, 5.41) is 3.74. The van der Waals surface area contributed by atoms with Crippen molar-refractivity contribution in [1.29, 1.82) is 0 Å². The van der Waals surface area contributed by atoms with Crippen LogP contribution >= 0.6 is 0 Å². The molecule has 3 N–H and O–H groups in total. The van der Waals surface area contributed by atoms with Crippen LogP contribution in [0.3, 0.4) is 0 Å². The lowest BCUT2D eigenvalue weighted by Gasteiger charge is -2.30. The van der Waals surface area contributed by atoms with Crippen LogP contribution in [0.25, 0.3) is 0 Å². The summed E-state index contributed by atoms with van der Waals surface area (Å²) in [6.45, 7) is 10.7. The first-order chi connectivity index (χ1) is 15.5. The van der Waals surface area contributed by atoms with Gasteiger partial charge in [-0.05, 0) is 70.4 Å². The van der Waals surface area contributed by atoms with Gasteiger partial charge in [0.2, 0.25) is 0 Å². The average molecular weight is 433 g/mol. The van der Waals surface area contributed by atoms with E-state index in [9.17, 15) is 0 Å². The molecule has 1 aliphatic rings. The van der Waals surface area contributed by atoms with E-state index in [-0.39, 0.29) is 5.54 Å². The third kappa shape index (κ3) is 8.86. The SMILES string of the molecule is CC(C)=CCN.CCOC1=CCC(C)(NCCC(c2ccccc2)c2ccccc2)C=C1. The number of nitrogens with one attached hydrogen (secondary N) is 1. The minimum Gasteiger partial charge on any atom is -0.494 e. The van der Waals surface area contributed by atoms with Crippen molar-refractivity contribution in [2.24, 2.45) is 5.73 Å². The molecule has 0 fully saturated rings. The van der Waals surface area contributed by atoms with Gasteiger partial charge in [-0.25, -0.2) is 0 Å². The molecule has 0 aromatic heterocycles. The molecule has 0 saturated carbocycles. The molecule has 0 spiro atoms. The number of hydrogen-bond acceptors (Lipinski definition) is 3. The second-order valence-electron chi connectivity index (χ2n) is 8.60. The summed E-state index contributed by atoms with van der Waals surface area (Å²) in [4.78, 5) is 0. The Morgan fingerprint density at radius 1 is 1.06 bits per heavy atom. The molecule has 2 aromatic carbocycles. The molecule has 0 saturated heterocycles. The van der Waals surface area contributed by atoms with Gasteiger partial charge in [0.15, 0.2) is 0 Å². The molecular formula is C29H40N2O. The highest BCUT2D eigenvalue weighted by atomic mass is 16.5. The van der Waals surface area contributed by atoms with E-state index in [0.29, 0.717) is 12.5 Å². The van der Waals surface area contributed by atoms with Crippen LogP contribution in [0.15, 0.2) is 96.3 Å². The molecule has 1 atom stereocenters. The summed E-state index contributed by atoms with van der Waals surface area (Å²) < 4.78 is 5.58. The number of nitrogens with two attached hydrogens (primary N) is 1. The fourth-order valence-corrected chi connectivity index (χ4v) is 3.75. The molecule has 3 rings (SSSR count). The van der Waals surface area contributed by atoms with Gasteiger partial charge >= 0.3 is 0 Å². The predicted molar refractivity (Wildman–Crippen MR) is 138 cm³/mol. The Balaban J connectivity index is 0.000000534. The maximum absolute atomic E-state index is 5.58. The van der Waals surface area contributed by atoms with Gasteiger partial charge in [0, 0.05) is 18.0 Å². The van der Waals surface area contributed by atoms with Crippen LogP contribution in [0.4, 0.5) is 0 Å². The fourth-order valence-electron chi connectivity index (χ4n) is 3.75. The number of benzene rings is 2. The third-order valence-corrected chi connectivity index (χ3v) is 5.55. The highest BCUT2D eigenvalue weighted by Crippen LogP contribution is 2.28. The van der Waals surface area contributed by atoms with Gasteiger partial charge in [0.25, 0.3) is 0 Å². The second kappa shape index (κ2) is 13.7. The summed E-state index contributed by atoms with van der Waals surface area (Å²) >= 11 is 0. The molecule has 172 valence electrons. The standard InChI is InChI=1S/C24H29NO.C5H11N/c1-3-26-22-14-17-24(2,18-15-22)25-19-16-23(20-10-6-4-7-11-20)21-12-8-5-9-13-21;1-5(2)3-4-6/h4-15,17,23,25H,3,16,18-19H2,1-2H3;3H,4,6H2,1-2H3. The second-order valence-corrected chi connectivity index (χ2v) is 8.60. The van der Waals surface area contributed by atoms with Gasteiger partial charge in [0.1, 0.15) is 5.76 Å². The van der Waals surface area contributed by atoms with Gasteiger partial charge in [-0.1, -0.05) is 78.4 Å². The maximum atomic E-state index is 5.58. The number of hydrogen-bond donors (Lipinski definition) is 2. The zero-order valence-electron chi connectivity index (χ0n) is 20.2. The molecule has 32 heavy (non-hydrogen) atoms. The summed E-state index contributed by atoms with van der Waals surface area (Å²) in [6, 6.07) is 21.6. The van der Waals surface area contributed by atoms with E-state index >= 15 is 0 Å². The number of allylic oxidation sites excluding steroid dienone is 2. The number of rotatable bonds is 9. The van der Waals surface area contributed by atoms with E-state index in [0.717, 1.165) is 31.8 Å². The van der Waals surface area contributed by atoms with Crippen molar-refractivity contribution in [3.63, 3.8) is 0 Å². The highest BCUT2D eigenvalue weighted by molar-refractivity contribution is 5.32. The van der Waals surface area contributed by atoms with E-state index < -0.39 is 0 Å². The van der Waals surface area contributed by atoms with E-state index in [1.165, 1.54) is 16.7 Å². The van der Waals surface area contributed by atoms with Gasteiger partial charge in [-0.15, -0.1) is 0 Å². The van der Waals surface area contributed by atoms with Crippen LogP contribution in [0.5, 0.6) is 0 Å². The molecule has 1 unspecified atom stereocenters. The van der Waals surface area contributed by atoms with Crippen LogP contribution in [0.1, 0.15) is 57.6 Å². The summed E-state index contributed by atoms with van der Waals surface area (Å²) in [7, 11) is 0. The van der Waals surface area contributed by atoms with Crippen molar-refractivity contribution in [2.45, 2.75) is 52.0 Å². The summed E-state index contributed by atoms with van der Waals surface area (Å²) in [5.41, 5.74) is 9.20. The molecule has 0 radical (unpaired) electrons. The Labute approximate surface area is 195 Å². The quantitative estimate of drug-likeness (QED) is 0.454. The topological polar surface area (TPSA) is 47.3 Å². The first-order valence-electron chi connectivity index (χ1n) is 11.7. The predicted octanol–water partition coefficient (Wildman–Crippen LogP) is 6.35. The van der Waals surface area contributed by atoms with Crippen molar-refractivity contribution in [3.8, 4) is 0 Å². The minimum atomic E-state index is -0.00146. The smallest absolute Gasteiger partial charge is 0.115 e. The molecule has 0 heterocycles. The molecular weight excluding hydrogens is 392 g/mol. The molecule has 0 amide bonds. The Morgan fingerprint density at radius 3 is 2.06 bits per heavy atom. The molecule has 0 bridgehead atoms. The lowest BCUT2D eigenvalue weighted by molar-refractivity contribution is 0.236. The summed E-state index contributed by atoms with van der Waals surface area (Å²) in [6.07, 6.45) is 10.5. The zero-order chi connectivity index (χ0) is 23.2. The van der Waals surface area contributed by atoms with Crippen molar-refractivity contribution >= 4 is 0 Å². The Bertz CT molecular complexity index is 827. The van der Waals surface area contributed by atoms with Gasteiger partial charge in [-0.3, -0.25) is 0 Å². The van der Waals surface area contributed by atoms with E-state index in [1.807, 2.05) is 26.8 Å². The van der Waals surface area contributed by atoms with Gasteiger partial charge < -0.3 is 15.8 Å². The molecule has 3 heteroatoms. The maximum Gasteiger partial charge on any atom is 0.115 e. The van der Waals surface area contributed by atoms with Crippen molar-refractivity contribution in [2.75, 3.05) is 19.7 Å². The third-order valence-electron chi connectivity index (χ3n) is 5.55. The fraction of sp³-hybridized carbons (Fsp3) is 0.379. The van der Waals surface area contributed by atoms with Gasteiger partial charge in [0.05, 0.1) is 6.61 Å². The zero-order valence-corrected chi connectivity index (χ0v) is 20.2. The highest BCUT2D eigenvalue weighted by Gasteiger charge is 2.23. The van der Waals surface area contributed by atoms with Crippen LogP contribution in [0.2, 0.25) is 0 Å². The van der Waals surface area contributed by atoms with Crippen LogP contribution in [0, 0.1) is 0 Å². The molecule has 2 aromatic rings. The Morgan fingerprint density at radius 2 is 1.66 bits per heavy atom. The number of ether oxygens (including phenoxy) is 1. The molecule has 0 aliphatic heterocycles. The average Bonchev–Trinajstić information content (AvgIpc) is 2.80. The normalized spacial score (nSPS) is 17.2. The van der Waals surface area contributed by atoms with Crippen LogP contribution < -0.4 is 11.1 Å². The minimum absolute atomic E-state index is 0.00146. The first-order valence-corrected chi connectivity index (χ1v) is 11.7. The summed E-state index contributed by atoms with van der Waals surface area (Å²) in [5.74, 6) is 1.40.